The molecule has 1 saturated heterocycles. The maximum atomic E-state index is 13.1. The van der Waals surface area contributed by atoms with Crippen LogP contribution >= 0.6 is 0 Å². The summed E-state index contributed by atoms with van der Waals surface area (Å²) in [5, 5.41) is 12.4. The molecule has 0 spiro atoms. The van der Waals surface area contributed by atoms with Gasteiger partial charge in [0.25, 0.3) is 5.56 Å². The lowest BCUT2D eigenvalue weighted by Gasteiger charge is -2.27. The monoisotopic (exact) mass is 436 g/mol. The predicted octanol–water partition coefficient (Wildman–Crippen LogP) is 1.32. The predicted molar refractivity (Wildman–Crippen MR) is 114 cm³/mol. The number of nitrogens with zero attached hydrogens (tertiary/aromatic N) is 5. The van der Waals surface area contributed by atoms with Gasteiger partial charge in [-0.15, -0.1) is 0 Å². The lowest BCUT2D eigenvalue weighted by Crippen LogP contribution is -2.43. The number of rotatable bonds is 5. The van der Waals surface area contributed by atoms with Crippen molar-refractivity contribution >= 4 is 20.6 Å². The molecule has 10 heteroatoms. The standard InChI is InChI=1S/C21H20N6O3S/c1-14-3-2-4-16(25-14)12-27-21(28)20-6-5-18(7-15(20)8-23-27)31(29,30)19-11-24-26(13-19)17-9-22-10-17/h2-8,11,13,17,22H,9-10,12H2,1H3. The lowest BCUT2D eigenvalue weighted by atomic mass is 10.2. The highest BCUT2D eigenvalue weighted by atomic mass is 32.2. The zero-order valence-electron chi connectivity index (χ0n) is 16.8. The Morgan fingerprint density at radius 3 is 2.68 bits per heavy atom. The molecule has 0 amide bonds. The third-order valence-corrected chi connectivity index (χ3v) is 7.12. The van der Waals surface area contributed by atoms with Crippen LogP contribution in [-0.4, -0.2) is 46.1 Å². The first-order valence-electron chi connectivity index (χ1n) is 9.84. The Bertz CT molecular complexity index is 1450. The number of fused-ring (bicyclic) bond motifs is 1. The molecular formula is C21H20N6O3S. The van der Waals surface area contributed by atoms with Gasteiger partial charge in [-0.05, 0) is 37.3 Å². The number of hydrogen-bond donors (Lipinski definition) is 1. The van der Waals surface area contributed by atoms with Gasteiger partial charge in [0.05, 0.1) is 41.0 Å². The second kappa shape index (κ2) is 7.40. The van der Waals surface area contributed by atoms with Gasteiger partial charge in [0.15, 0.2) is 0 Å². The molecule has 1 aromatic carbocycles. The first-order valence-corrected chi connectivity index (χ1v) is 11.3. The van der Waals surface area contributed by atoms with Gasteiger partial charge >= 0.3 is 0 Å². The molecule has 9 nitrogen and oxygen atoms in total. The van der Waals surface area contributed by atoms with Crippen molar-refractivity contribution in [2.45, 2.75) is 29.3 Å². The van der Waals surface area contributed by atoms with Crippen LogP contribution < -0.4 is 10.9 Å². The molecule has 158 valence electrons. The van der Waals surface area contributed by atoms with Crippen molar-refractivity contribution in [1.29, 1.82) is 0 Å². The van der Waals surface area contributed by atoms with Gasteiger partial charge in [-0.1, -0.05) is 6.07 Å². The van der Waals surface area contributed by atoms with Crippen LogP contribution in [0.15, 0.2) is 69.6 Å². The quantitative estimate of drug-likeness (QED) is 0.502. The van der Waals surface area contributed by atoms with Crippen molar-refractivity contribution in [3.8, 4) is 0 Å². The Morgan fingerprint density at radius 2 is 1.94 bits per heavy atom. The molecule has 0 bridgehead atoms. The summed E-state index contributed by atoms with van der Waals surface area (Å²) >= 11 is 0. The smallest absolute Gasteiger partial charge is 0.274 e. The van der Waals surface area contributed by atoms with Crippen molar-refractivity contribution in [2.75, 3.05) is 13.1 Å². The van der Waals surface area contributed by atoms with Crippen molar-refractivity contribution in [3.05, 3.63) is 76.7 Å². The molecule has 0 aliphatic carbocycles. The van der Waals surface area contributed by atoms with Gasteiger partial charge < -0.3 is 5.32 Å². The van der Waals surface area contributed by atoms with Crippen LogP contribution in [0.1, 0.15) is 17.4 Å². The van der Waals surface area contributed by atoms with Crippen LogP contribution in [-0.2, 0) is 16.4 Å². The summed E-state index contributed by atoms with van der Waals surface area (Å²) in [6.07, 6.45) is 4.42. The fourth-order valence-electron chi connectivity index (χ4n) is 3.54. The summed E-state index contributed by atoms with van der Waals surface area (Å²) in [5.74, 6) is 0. The van der Waals surface area contributed by atoms with Gasteiger partial charge in [0.2, 0.25) is 9.84 Å². The van der Waals surface area contributed by atoms with E-state index < -0.39 is 9.84 Å². The zero-order chi connectivity index (χ0) is 21.6. The van der Waals surface area contributed by atoms with E-state index in [4.69, 9.17) is 0 Å². The summed E-state index contributed by atoms with van der Waals surface area (Å²) in [6, 6.07) is 10.2. The van der Waals surface area contributed by atoms with Crippen LogP contribution in [0.2, 0.25) is 0 Å². The Hall–Kier alpha value is -3.37. The van der Waals surface area contributed by atoms with E-state index in [-0.39, 0.29) is 27.9 Å². The van der Waals surface area contributed by atoms with Gasteiger partial charge in [-0.25, -0.2) is 13.1 Å². The van der Waals surface area contributed by atoms with Crippen LogP contribution in [0.3, 0.4) is 0 Å². The largest absolute Gasteiger partial charge is 0.312 e. The van der Waals surface area contributed by atoms with E-state index in [0.717, 1.165) is 24.5 Å². The Labute approximate surface area is 178 Å². The zero-order valence-corrected chi connectivity index (χ0v) is 17.6. The van der Waals surface area contributed by atoms with Crippen LogP contribution in [0.4, 0.5) is 0 Å². The Balaban J connectivity index is 1.48. The summed E-state index contributed by atoms with van der Waals surface area (Å²) in [5.41, 5.74) is 1.29. The van der Waals surface area contributed by atoms with Crippen molar-refractivity contribution in [2.24, 2.45) is 0 Å². The molecule has 1 fully saturated rings. The minimum absolute atomic E-state index is 0.102. The molecule has 0 unspecified atom stereocenters. The van der Waals surface area contributed by atoms with E-state index in [0.29, 0.717) is 10.8 Å². The Kier molecular flexibility index (Phi) is 4.67. The number of aromatic nitrogens is 5. The SMILES string of the molecule is Cc1cccc(Cn2ncc3cc(S(=O)(=O)c4cnn(C5CNC5)c4)ccc3c2=O)n1. The Morgan fingerprint density at radius 1 is 1.10 bits per heavy atom. The first-order chi connectivity index (χ1) is 14.9. The van der Waals surface area contributed by atoms with Gasteiger partial charge in [0.1, 0.15) is 4.90 Å². The highest BCUT2D eigenvalue weighted by Gasteiger charge is 2.24. The molecule has 1 N–H and O–H groups in total. The maximum absolute atomic E-state index is 13.1. The second-order valence-corrected chi connectivity index (χ2v) is 9.55. The van der Waals surface area contributed by atoms with Crippen molar-refractivity contribution in [3.63, 3.8) is 0 Å². The highest BCUT2D eigenvalue weighted by molar-refractivity contribution is 7.91. The molecule has 4 aromatic rings. The molecule has 0 atom stereocenters. The molecular weight excluding hydrogens is 416 g/mol. The van der Waals surface area contributed by atoms with E-state index in [1.807, 2.05) is 25.1 Å². The summed E-state index contributed by atoms with van der Waals surface area (Å²) in [4.78, 5) is 17.5. The van der Waals surface area contributed by atoms with E-state index in [1.54, 1.807) is 10.9 Å². The minimum atomic E-state index is -3.75. The number of benzene rings is 1. The second-order valence-electron chi connectivity index (χ2n) is 7.60. The molecule has 1 aliphatic rings. The van der Waals surface area contributed by atoms with E-state index in [1.165, 1.54) is 35.3 Å². The number of nitrogens with one attached hydrogen (secondary N) is 1. The fraction of sp³-hybridized carbons (Fsp3) is 0.238. The van der Waals surface area contributed by atoms with Crippen LogP contribution in [0.5, 0.6) is 0 Å². The summed E-state index contributed by atoms with van der Waals surface area (Å²) in [7, 11) is -3.75. The van der Waals surface area contributed by atoms with Gasteiger partial charge in [0, 0.05) is 30.4 Å². The number of sulfone groups is 1. The minimum Gasteiger partial charge on any atom is -0.312 e. The van der Waals surface area contributed by atoms with Crippen molar-refractivity contribution in [1.82, 2.24) is 29.9 Å². The van der Waals surface area contributed by atoms with Gasteiger partial charge in [-0.2, -0.15) is 10.2 Å². The normalized spacial score (nSPS) is 14.6. The van der Waals surface area contributed by atoms with Crippen LogP contribution in [0, 0.1) is 6.92 Å². The molecule has 31 heavy (non-hydrogen) atoms. The van der Waals surface area contributed by atoms with Crippen LogP contribution in [0.25, 0.3) is 10.8 Å². The number of pyridine rings is 1. The maximum Gasteiger partial charge on any atom is 0.274 e. The fourth-order valence-corrected chi connectivity index (χ4v) is 4.78. The summed E-state index contributed by atoms with van der Waals surface area (Å²) < 4.78 is 29.1. The molecule has 0 saturated carbocycles. The molecule has 5 rings (SSSR count). The number of aryl methyl sites for hydroxylation is 1. The summed E-state index contributed by atoms with van der Waals surface area (Å²) in [6.45, 7) is 3.67. The third-order valence-electron chi connectivity index (χ3n) is 5.41. The first kappa shape index (κ1) is 19.6. The molecule has 3 aromatic heterocycles. The van der Waals surface area contributed by atoms with Crippen molar-refractivity contribution < 1.29 is 8.42 Å². The van der Waals surface area contributed by atoms with E-state index in [9.17, 15) is 13.2 Å². The average Bonchev–Trinajstić information content (AvgIpc) is 3.19. The molecule has 4 heterocycles. The number of hydrogen-bond acceptors (Lipinski definition) is 7. The topological polar surface area (TPSA) is 112 Å². The highest BCUT2D eigenvalue weighted by Crippen LogP contribution is 2.24. The average molecular weight is 436 g/mol. The third kappa shape index (κ3) is 3.53. The molecule has 1 aliphatic heterocycles. The lowest BCUT2D eigenvalue weighted by molar-refractivity contribution is 0.317. The van der Waals surface area contributed by atoms with E-state index >= 15 is 0 Å². The molecule has 0 radical (unpaired) electrons. The van der Waals surface area contributed by atoms with E-state index in [2.05, 4.69) is 20.5 Å². The van der Waals surface area contributed by atoms with Gasteiger partial charge in [-0.3, -0.25) is 14.5 Å².